The third-order valence-corrected chi connectivity index (χ3v) is 4.36. The summed E-state index contributed by atoms with van der Waals surface area (Å²) in [6.45, 7) is 5.25. The molecule has 1 aromatic rings. The van der Waals surface area contributed by atoms with Crippen molar-refractivity contribution < 1.29 is 4.79 Å². The van der Waals surface area contributed by atoms with Gasteiger partial charge in [-0.25, -0.2) is 0 Å². The lowest BCUT2D eigenvalue weighted by Gasteiger charge is -2.38. The number of rotatable bonds is 3. The van der Waals surface area contributed by atoms with Gasteiger partial charge in [-0.15, -0.1) is 0 Å². The molecule has 2 rings (SSSR count). The number of nitrogens with zero attached hydrogens (tertiary/aromatic N) is 1. The zero-order valence-electron chi connectivity index (χ0n) is 11.7. The van der Waals surface area contributed by atoms with Crippen LogP contribution in [0.3, 0.4) is 0 Å². The molecule has 1 heterocycles. The van der Waals surface area contributed by atoms with Gasteiger partial charge in [0.2, 0.25) is 5.91 Å². The summed E-state index contributed by atoms with van der Waals surface area (Å²) < 4.78 is 0. The number of hydrogen-bond acceptors (Lipinski definition) is 2. The second kappa shape index (κ2) is 6.47. The summed E-state index contributed by atoms with van der Waals surface area (Å²) in [4.78, 5) is 14.5. The number of likely N-dealkylation sites (tertiary alicyclic amines) is 1. The Balaban J connectivity index is 1.98. The first-order chi connectivity index (χ1) is 9.08. The van der Waals surface area contributed by atoms with Crippen LogP contribution < -0.4 is 0 Å². The normalized spacial score (nSPS) is 25.1. The Morgan fingerprint density at radius 1 is 1.32 bits per heavy atom. The van der Waals surface area contributed by atoms with Crippen LogP contribution in [0.5, 0.6) is 0 Å². The van der Waals surface area contributed by atoms with Crippen LogP contribution in [-0.2, 0) is 11.2 Å². The van der Waals surface area contributed by atoms with Crippen molar-refractivity contribution in [3.8, 4) is 0 Å². The lowest BCUT2D eigenvalue weighted by atomic mass is 9.94. The summed E-state index contributed by atoms with van der Waals surface area (Å²) in [6.07, 6.45) is 3.04. The van der Waals surface area contributed by atoms with E-state index in [2.05, 4.69) is 38.6 Å². The molecule has 19 heavy (non-hydrogen) atoms. The predicted octanol–water partition coefficient (Wildman–Crippen LogP) is 3.17. The molecule has 104 valence electrons. The van der Waals surface area contributed by atoms with Gasteiger partial charge in [0.15, 0.2) is 0 Å². The van der Waals surface area contributed by atoms with Gasteiger partial charge in [-0.05, 0) is 37.7 Å². The first kappa shape index (κ1) is 14.4. The Bertz CT molecular complexity index is 420. The van der Waals surface area contributed by atoms with Crippen molar-refractivity contribution in [2.24, 2.45) is 5.92 Å². The Hall–Kier alpha value is -0.960. The molecule has 0 saturated carbocycles. The molecule has 0 aliphatic carbocycles. The predicted molar refractivity (Wildman–Crippen MR) is 82.5 cm³/mol. The standard InChI is InChI=1S/C16H23NOS/c1-12-8-9-13(2)17(11-12)16(18)15(19)10-14-6-4-3-5-7-14/h3-7,12-13,15,19H,8-11H2,1-2H3. The highest BCUT2D eigenvalue weighted by Crippen LogP contribution is 2.23. The van der Waals surface area contributed by atoms with E-state index < -0.39 is 0 Å². The first-order valence-electron chi connectivity index (χ1n) is 7.10. The monoisotopic (exact) mass is 277 g/mol. The number of thiol groups is 1. The Morgan fingerprint density at radius 3 is 2.68 bits per heavy atom. The van der Waals surface area contributed by atoms with Crippen molar-refractivity contribution in [2.45, 2.75) is 44.4 Å². The number of benzene rings is 1. The molecule has 3 heteroatoms. The third kappa shape index (κ3) is 3.75. The van der Waals surface area contributed by atoms with E-state index in [1.807, 2.05) is 23.1 Å². The quantitative estimate of drug-likeness (QED) is 0.841. The molecule has 3 atom stereocenters. The zero-order chi connectivity index (χ0) is 13.8. The molecule has 1 aliphatic rings. The van der Waals surface area contributed by atoms with Gasteiger partial charge in [0, 0.05) is 12.6 Å². The molecule has 0 spiro atoms. The lowest BCUT2D eigenvalue weighted by Crippen LogP contribution is -2.48. The van der Waals surface area contributed by atoms with Gasteiger partial charge in [0.25, 0.3) is 0 Å². The number of carbonyl (C=O) groups excluding carboxylic acids is 1. The summed E-state index contributed by atoms with van der Waals surface area (Å²) in [6, 6.07) is 10.5. The highest BCUT2D eigenvalue weighted by atomic mass is 32.1. The van der Waals surface area contributed by atoms with Crippen LogP contribution in [0.2, 0.25) is 0 Å². The molecule has 0 bridgehead atoms. The number of carbonyl (C=O) groups is 1. The molecular weight excluding hydrogens is 254 g/mol. The Morgan fingerprint density at radius 2 is 2.00 bits per heavy atom. The van der Waals surface area contributed by atoms with Gasteiger partial charge in [-0.1, -0.05) is 37.3 Å². The van der Waals surface area contributed by atoms with Crippen LogP contribution in [0.25, 0.3) is 0 Å². The summed E-state index contributed by atoms with van der Waals surface area (Å²) in [5, 5.41) is -0.227. The second-order valence-electron chi connectivity index (χ2n) is 5.73. The van der Waals surface area contributed by atoms with Crippen LogP contribution in [0.4, 0.5) is 0 Å². The van der Waals surface area contributed by atoms with E-state index in [9.17, 15) is 4.79 Å². The van der Waals surface area contributed by atoms with Gasteiger partial charge >= 0.3 is 0 Å². The number of amides is 1. The van der Waals surface area contributed by atoms with Crippen molar-refractivity contribution in [3.05, 3.63) is 35.9 Å². The molecule has 1 amide bonds. The summed E-state index contributed by atoms with van der Waals surface area (Å²) in [5.74, 6) is 0.795. The van der Waals surface area contributed by atoms with E-state index in [0.717, 1.165) is 13.0 Å². The van der Waals surface area contributed by atoms with Crippen molar-refractivity contribution in [1.29, 1.82) is 0 Å². The van der Waals surface area contributed by atoms with Gasteiger partial charge in [-0.2, -0.15) is 12.6 Å². The van der Waals surface area contributed by atoms with E-state index in [4.69, 9.17) is 0 Å². The maximum atomic E-state index is 12.5. The third-order valence-electron chi connectivity index (χ3n) is 3.96. The van der Waals surface area contributed by atoms with Crippen LogP contribution in [-0.4, -0.2) is 28.6 Å². The maximum absolute atomic E-state index is 12.5. The van der Waals surface area contributed by atoms with Gasteiger partial charge < -0.3 is 4.90 Å². The van der Waals surface area contributed by atoms with E-state index in [0.29, 0.717) is 18.4 Å². The number of hydrogen-bond donors (Lipinski definition) is 1. The fraction of sp³-hybridized carbons (Fsp3) is 0.562. The van der Waals surface area contributed by atoms with Crippen LogP contribution in [0.15, 0.2) is 30.3 Å². The minimum absolute atomic E-state index is 0.186. The molecule has 3 unspecified atom stereocenters. The average Bonchev–Trinajstić information content (AvgIpc) is 2.42. The van der Waals surface area contributed by atoms with Crippen molar-refractivity contribution in [3.63, 3.8) is 0 Å². The van der Waals surface area contributed by atoms with Crippen LogP contribution >= 0.6 is 12.6 Å². The maximum Gasteiger partial charge on any atom is 0.236 e. The highest BCUT2D eigenvalue weighted by molar-refractivity contribution is 7.81. The van der Waals surface area contributed by atoms with Gasteiger partial charge in [-0.3, -0.25) is 4.79 Å². The van der Waals surface area contributed by atoms with E-state index in [-0.39, 0.29) is 11.2 Å². The van der Waals surface area contributed by atoms with Crippen LogP contribution in [0.1, 0.15) is 32.3 Å². The Labute approximate surface area is 121 Å². The van der Waals surface area contributed by atoms with Crippen LogP contribution in [0, 0.1) is 5.92 Å². The molecule has 1 aliphatic heterocycles. The number of piperidine rings is 1. The Kier molecular flexibility index (Phi) is 4.92. The largest absolute Gasteiger partial charge is 0.339 e. The molecule has 0 aromatic heterocycles. The molecule has 2 nitrogen and oxygen atoms in total. The first-order valence-corrected chi connectivity index (χ1v) is 7.62. The molecule has 0 N–H and O–H groups in total. The minimum atomic E-state index is -0.227. The molecule has 0 radical (unpaired) electrons. The van der Waals surface area contributed by atoms with E-state index >= 15 is 0 Å². The molecule has 1 saturated heterocycles. The second-order valence-corrected chi connectivity index (χ2v) is 6.35. The zero-order valence-corrected chi connectivity index (χ0v) is 12.6. The van der Waals surface area contributed by atoms with Crippen molar-refractivity contribution in [2.75, 3.05) is 6.54 Å². The van der Waals surface area contributed by atoms with E-state index in [1.165, 1.54) is 12.0 Å². The van der Waals surface area contributed by atoms with Gasteiger partial charge in [0.05, 0.1) is 5.25 Å². The van der Waals surface area contributed by atoms with Gasteiger partial charge in [0.1, 0.15) is 0 Å². The topological polar surface area (TPSA) is 20.3 Å². The highest BCUT2D eigenvalue weighted by Gasteiger charge is 2.30. The smallest absolute Gasteiger partial charge is 0.236 e. The summed E-state index contributed by atoms with van der Waals surface area (Å²) in [7, 11) is 0. The fourth-order valence-corrected chi connectivity index (χ4v) is 3.07. The summed E-state index contributed by atoms with van der Waals surface area (Å²) in [5.41, 5.74) is 1.17. The molecule has 1 fully saturated rings. The lowest BCUT2D eigenvalue weighted by molar-refractivity contribution is -0.134. The fourth-order valence-electron chi connectivity index (χ4n) is 2.71. The average molecular weight is 277 g/mol. The minimum Gasteiger partial charge on any atom is -0.339 e. The van der Waals surface area contributed by atoms with E-state index in [1.54, 1.807) is 0 Å². The molecule has 1 aromatic carbocycles. The summed E-state index contributed by atoms with van der Waals surface area (Å²) >= 11 is 4.53. The van der Waals surface area contributed by atoms with Crippen molar-refractivity contribution >= 4 is 18.5 Å². The molecular formula is C16H23NOS. The SMILES string of the molecule is CC1CCC(C)N(C(=O)C(S)Cc2ccccc2)C1. The van der Waals surface area contributed by atoms with Crippen molar-refractivity contribution in [1.82, 2.24) is 4.90 Å².